The van der Waals surface area contributed by atoms with E-state index in [0.29, 0.717) is 5.69 Å². The molecule has 6 nitrogen and oxygen atoms in total. The summed E-state index contributed by atoms with van der Waals surface area (Å²) in [5, 5.41) is 6.42. The number of hydrogen-bond donors (Lipinski definition) is 1. The van der Waals surface area contributed by atoms with Crippen LogP contribution in [0.4, 0.5) is 0 Å². The number of carbonyl (C=O) groups is 1. The Bertz CT molecular complexity index is 571. The number of H-pyrrole nitrogens is 1. The third kappa shape index (κ3) is 2.60. The molecule has 0 spiro atoms. The zero-order valence-corrected chi connectivity index (χ0v) is 9.10. The van der Waals surface area contributed by atoms with Crippen LogP contribution in [0, 0.1) is 6.92 Å². The highest BCUT2D eigenvalue weighted by Crippen LogP contribution is 2.03. The van der Waals surface area contributed by atoms with E-state index in [4.69, 9.17) is 9.15 Å². The third-order valence-corrected chi connectivity index (χ3v) is 2.06. The lowest BCUT2D eigenvalue weighted by Crippen LogP contribution is -2.16. The fraction of sp³-hybridized carbons (Fsp3) is 0.182. The molecule has 0 aromatic carbocycles. The molecule has 2 rings (SSSR count). The number of hydrogen-bond acceptors (Lipinski definition) is 5. The Morgan fingerprint density at radius 3 is 3.06 bits per heavy atom. The van der Waals surface area contributed by atoms with Gasteiger partial charge in [-0.3, -0.25) is 9.89 Å². The number of carbonyl (C=O) groups excluding carboxylic acids is 1. The Labute approximate surface area is 96.2 Å². The van der Waals surface area contributed by atoms with Crippen molar-refractivity contribution in [1.29, 1.82) is 0 Å². The molecule has 1 N–H and O–H groups in total. The summed E-state index contributed by atoms with van der Waals surface area (Å²) in [6, 6.07) is 4.45. The van der Waals surface area contributed by atoms with E-state index < -0.39 is 5.97 Å². The van der Waals surface area contributed by atoms with Gasteiger partial charge in [-0.15, -0.1) is 0 Å². The van der Waals surface area contributed by atoms with Crippen molar-refractivity contribution in [3.63, 3.8) is 0 Å². The average molecular weight is 234 g/mol. The number of rotatable bonds is 3. The standard InChI is InChI=1S/C11H10N2O4/c1-7-5-9(14)8(13-12-7)6-17-11(15)10-3-2-4-16-10/h2-5H,6H2,1H3,(H,12,14). The van der Waals surface area contributed by atoms with Crippen LogP contribution in [0.5, 0.6) is 0 Å². The molecule has 0 aliphatic rings. The van der Waals surface area contributed by atoms with Crippen LogP contribution in [0.2, 0.25) is 0 Å². The monoisotopic (exact) mass is 234 g/mol. The Morgan fingerprint density at radius 1 is 1.59 bits per heavy atom. The minimum atomic E-state index is -0.628. The molecule has 0 aliphatic carbocycles. The van der Waals surface area contributed by atoms with Gasteiger partial charge in [0.25, 0.3) is 0 Å². The van der Waals surface area contributed by atoms with Crippen LogP contribution in [0.1, 0.15) is 21.9 Å². The number of ether oxygens (including phenoxy) is 1. The molecule has 17 heavy (non-hydrogen) atoms. The number of nitrogens with one attached hydrogen (secondary N) is 1. The first-order valence-corrected chi connectivity index (χ1v) is 4.92. The molecule has 0 atom stereocenters. The lowest BCUT2D eigenvalue weighted by atomic mass is 10.3. The van der Waals surface area contributed by atoms with Gasteiger partial charge in [-0.05, 0) is 19.1 Å². The summed E-state index contributed by atoms with van der Waals surface area (Å²) in [5.41, 5.74) is 0.528. The molecule has 0 bridgehead atoms. The number of esters is 1. The summed E-state index contributed by atoms with van der Waals surface area (Å²) < 4.78 is 9.73. The van der Waals surface area contributed by atoms with Gasteiger partial charge in [0.1, 0.15) is 12.3 Å². The van der Waals surface area contributed by atoms with E-state index in [1.54, 1.807) is 13.0 Å². The quantitative estimate of drug-likeness (QED) is 0.801. The second-order valence-electron chi connectivity index (χ2n) is 3.42. The fourth-order valence-electron chi connectivity index (χ4n) is 1.23. The van der Waals surface area contributed by atoms with E-state index in [2.05, 4.69) is 10.2 Å². The van der Waals surface area contributed by atoms with Gasteiger partial charge in [0, 0.05) is 11.8 Å². The van der Waals surface area contributed by atoms with E-state index in [9.17, 15) is 9.59 Å². The van der Waals surface area contributed by atoms with E-state index in [0.717, 1.165) is 0 Å². The van der Waals surface area contributed by atoms with Crippen LogP contribution in [-0.4, -0.2) is 16.2 Å². The molecule has 88 valence electrons. The smallest absolute Gasteiger partial charge is 0.374 e. The summed E-state index contributed by atoms with van der Waals surface area (Å²) in [7, 11) is 0. The van der Waals surface area contributed by atoms with Crippen LogP contribution in [-0.2, 0) is 11.3 Å². The topological polar surface area (TPSA) is 85.2 Å². The molecular formula is C11H10N2O4. The van der Waals surface area contributed by atoms with Gasteiger partial charge in [-0.2, -0.15) is 5.10 Å². The predicted octanol–water partition coefficient (Wildman–Crippen LogP) is 1.03. The maximum atomic E-state index is 11.4. The maximum Gasteiger partial charge on any atom is 0.374 e. The first-order valence-electron chi connectivity index (χ1n) is 4.92. The molecule has 0 saturated heterocycles. The van der Waals surface area contributed by atoms with E-state index in [1.807, 2.05) is 0 Å². The van der Waals surface area contributed by atoms with Crippen molar-refractivity contribution in [1.82, 2.24) is 10.2 Å². The van der Waals surface area contributed by atoms with Gasteiger partial charge in [0.2, 0.25) is 11.2 Å². The highest BCUT2D eigenvalue weighted by atomic mass is 16.5. The normalized spacial score (nSPS) is 10.2. The molecule has 2 aromatic heterocycles. The van der Waals surface area contributed by atoms with E-state index >= 15 is 0 Å². The Hall–Kier alpha value is -2.37. The van der Waals surface area contributed by atoms with Crippen molar-refractivity contribution in [3.8, 4) is 0 Å². The second-order valence-corrected chi connectivity index (χ2v) is 3.42. The molecule has 0 saturated carbocycles. The number of furan rings is 1. The van der Waals surface area contributed by atoms with Gasteiger partial charge in [-0.25, -0.2) is 4.79 Å². The molecule has 2 heterocycles. The van der Waals surface area contributed by atoms with E-state index in [1.165, 1.54) is 18.4 Å². The molecule has 6 heteroatoms. The van der Waals surface area contributed by atoms with Gasteiger partial charge >= 0.3 is 5.97 Å². The molecule has 0 aliphatic heterocycles. The lowest BCUT2D eigenvalue weighted by molar-refractivity contribution is 0.0429. The molecular weight excluding hydrogens is 224 g/mol. The number of nitrogens with zero attached hydrogens (tertiary/aromatic N) is 1. The third-order valence-electron chi connectivity index (χ3n) is 2.06. The van der Waals surface area contributed by atoms with Crippen molar-refractivity contribution < 1.29 is 13.9 Å². The maximum absolute atomic E-state index is 11.4. The summed E-state index contributed by atoms with van der Waals surface area (Å²) >= 11 is 0. The van der Waals surface area contributed by atoms with Crippen molar-refractivity contribution in [2.45, 2.75) is 13.5 Å². The van der Waals surface area contributed by atoms with Crippen LogP contribution in [0.25, 0.3) is 0 Å². The van der Waals surface area contributed by atoms with Crippen LogP contribution in [0.15, 0.2) is 33.7 Å². The Kier molecular flexibility index (Phi) is 3.04. The first kappa shape index (κ1) is 11.1. The summed E-state index contributed by atoms with van der Waals surface area (Å²) in [4.78, 5) is 22.8. The van der Waals surface area contributed by atoms with Gasteiger partial charge in [0.15, 0.2) is 0 Å². The average Bonchev–Trinajstić information content (AvgIpc) is 2.81. The summed E-state index contributed by atoms with van der Waals surface area (Å²) in [5.74, 6) is -0.537. The van der Waals surface area contributed by atoms with Crippen molar-refractivity contribution in [2.75, 3.05) is 0 Å². The first-order chi connectivity index (χ1) is 8.16. The van der Waals surface area contributed by atoms with Gasteiger partial charge in [-0.1, -0.05) is 0 Å². The largest absolute Gasteiger partial charge is 0.457 e. The SMILES string of the molecule is Cc1cc(=O)c(COC(=O)c2ccco2)n[nH]1. The minimum Gasteiger partial charge on any atom is -0.457 e. The molecule has 0 fully saturated rings. The number of aryl methyl sites for hydroxylation is 1. The highest BCUT2D eigenvalue weighted by molar-refractivity contribution is 5.86. The number of aromatic amines is 1. The minimum absolute atomic E-state index is 0.0912. The number of aromatic nitrogens is 2. The van der Waals surface area contributed by atoms with Gasteiger partial charge in [0.05, 0.1) is 6.26 Å². The zero-order valence-electron chi connectivity index (χ0n) is 9.10. The Morgan fingerprint density at radius 2 is 2.41 bits per heavy atom. The molecule has 0 amide bonds. The zero-order chi connectivity index (χ0) is 12.3. The molecule has 0 radical (unpaired) electrons. The van der Waals surface area contributed by atoms with Crippen LogP contribution >= 0.6 is 0 Å². The molecule has 2 aromatic rings. The van der Waals surface area contributed by atoms with Crippen molar-refractivity contribution in [2.24, 2.45) is 0 Å². The summed E-state index contributed by atoms with van der Waals surface area (Å²) in [6.07, 6.45) is 1.37. The van der Waals surface area contributed by atoms with Crippen LogP contribution < -0.4 is 5.43 Å². The second kappa shape index (κ2) is 4.65. The van der Waals surface area contributed by atoms with Gasteiger partial charge < -0.3 is 9.15 Å². The fourth-order valence-corrected chi connectivity index (χ4v) is 1.23. The van der Waals surface area contributed by atoms with Crippen molar-refractivity contribution >= 4 is 5.97 Å². The lowest BCUT2D eigenvalue weighted by Gasteiger charge is -2.01. The van der Waals surface area contributed by atoms with E-state index in [-0.39, 0.29) is 23.5 Å². The molecule has 0 unspecified atom stereocenters. The van der Waals surface area contributed by atoms with Crippen molar-refractivity contribution in [3.05, 3.63) is 51.8 Å². The summed E-state index contributed by atoms with van der Waals surface area (Å²) in [6.45, 7) is 1.53. The van der Waals surface area contributed by atoms with Crippen LogP contribution in [0.3, 0.4) is 0 Å². The Balaban J connectivity index is 2.03. The highest BCUT2D eigenvalue weighted by Gasteiger charge is 2.11. The predicted molar refractivity (Wildman–Crippen MR) is 57.4 cm³/mol.